The number of hydrogen-bond acceptors (Lipinski definition) is 7. The van der Waals surface area contributed by atoms with E-state index < -0.39 is 10.0 Å². The lowest BCUT2D eigenvalue weighted by Gasteiger charge is -2.27. The second-order valence-corrected chi connectivity index (χ2v) is 9.17. The molecule has 0 fully saturated rings. The van der Waals surface area contributed by atoms with Gasteiger partial charge in [0.25, 0.3) is 0 Å². The molecule has 0 aliphatic carbocycles. The van der Waals surface area contributed by atoms with Crippen molar-refractivity contribution in [3.8, 4) is 22.5 Å². The van der Waals surface area contributed by atoms with Crippen LogP contribution in [0.3, 0.4) is 0 Å². The first-order valence-electron chi connectivity index (χ1n) is 9.66. The molecule has 0 bridgehead atoms. The second kappa shape index (κ2) is 8.19. The van der Waals surface area contributed by atoms with Gasteiger partial charge in [0.2, 0.25) is 15.6 Å². The van der Waals surface area contributed by atoms with E-state index >= 15 is 0 Å². The number of nitrogens with zero attached hydrogens (tertiary/aromatic N) is 5. The summed E-state index contributed by atoms with van der Waals surface area (Å²) in [7, 11) is -1.86. The molecule has 1 aromatic rings. The summed E-state index contributed by atoms with van der Waals surface area (Å²) in [5.74, 6) is 1.77. The van der Waals surface area contributed by atoms with Gasteiger partial charge in [0.1, 0.15) is 11.6 Å². The highest BCUT2D eigenvalue weighted by Crippen LogP contribution is 2.40. The Kier molecular flexibility index (Phi) is 5.61. The summed E-state index contributed by atoms with van der Waals surface area (Å²) in [5, 5.41) is 3.67. The summed E-state index contributed by atoms with van der Waals surface area (Å²) in [6, 6.07) is 3.72. The predicted molar refractivity (Wildman–Crippen MR) is 117 cm³/mol. The zero-order valence-corrected chi connectivity index (χ0v) is 18.3. The van der Waals surface area contributed by atoms with Gasteiger partial charge in [-0.2, -0.15) is 4.98 Å². The Morgan fingerprint density at radius 2 is 2.17 bits per heavy atom. The van der Waals surface area contributed by atoms with Crippen LogP contribution in [0.1, 0.15) is 19.8 Å². The standard InChI is InChI=1S/C19H22ClN7O2S/c1-3-9-30(28,29)26-16-15(20)13(5-7-22-16)14-10-12-11-24-19(21-2)25-17(12)27-8-4-6-23-18(14)27/h5,7,10-11,23H,3-4,6,8-9H2,1-2H3,(H,22,26). The van der Waals surface area contributed by atoms with Gasteiger partial charge in [0.05, 0.1) is 10.8 Å². The molecular formula is C19H22ClN7O2S. The fourth-order valence-electron chi connectivity index (χ4n) is 3.52. The first-order chi connectivity index (χ1) is 14.4. The third-order valence-corrected chi connectivity index (χ3v) is 6.65. The minimum atomic E-state index is -3.51. The van der Waals surface area contributed by atoms with Crippen molar-refractivity contribution in [2.24, 2.45) is 4.99 Å². The number of nitrogens with one attached hydrogen (secondary N) is 2. The van der Waals surface area contributed by atoms with Gasteiger partial charge in [-0.3, -0.25) is 9.71 Å². The Hall–Kier alpha value is -2.72. The van der Waals surface area contributed by atoms with Gasteiger partial charge in [-0.05, 0) is 25.0 Å². The lowest BCUT2D eigenvalue weighted by Crippen LogP contribution is -2.25. The molecule has 4 heterocycles. The van der Waals surface area contributed by atoms with Crippen molar-refractivity contribution < 1.29 is 8.42 Å². The highest BCUT2D eigenvalue weighted by Gasteiger charge is 2.23. The Morgan fingerprint density at radius 3 is 2.93 bits per heavy atom. The number of pyridine rings is 2. The smallest absolute Gasteiger partial charge is 0.246 e. The summed E-state index contributed by atoms with van der Waals surface area (Å²) in [6.07, 6.45) is 4.73. The van der Waals surface area contributed by atoms with E-state index in [1.807, 2.05) is 6.07 Å². The summed E-state index contributed by atoms with van der Waals surface area (Å²) >= 11 is 6.62. The molecule has 3 aliphatic heterocycles. The average molecular weight is 448 g/mol. The predicted octanol–water partition coefficient (Wildman–Crippen LogP) is 2.60. The van der Waals surface area contributed by atoms with Gasteiger partial charge in [0.15, 0.2) is 5.82 Å². The number of halogens is 1. The minimum absolute atomic E-state index is 0.000169. The number of aromatic nitrogens is 4. The molecule has 158 valence electrons. The zero-order chi connectivity index (χ0) is 21.3. The van der Waals surface area contributed by atoms with Crippen LogP contribution in [-0.4, -0.2) is 47.3 Å². The summed E-state index contributed by atoms with van der Waals surface area (Å²) in [4.78, 5) is 17.0. The number of rotatable bonds is 5. The normalized spacial score (nSPS) is 14.4. The van der Waals surface area contributed by atoms with Crippen molar-refractivity contribution in [3.63, 3.8) is 0 Å². The number of sulfonamides is 1. The van der Waals surface area contributed by atoms with Gasteiger partial charge in [0, 0.05) is 49.2 Å². The third kappa shape index (κ3) is 3.84. The highest BCUT2D eigenvalue weighted by molar-refractivity contribution is 7.92. The van der Waals surface area contributed by atoms with Gasteiger partial charge in [-0.15, -0.1) is 0 Å². The molecular weight excluding hydrogens is 426 g/mol. The molecule has 3 aliphatic rings. The molecule has 0 spiro atoms. The van der Waals surface area contributed by atoms with Crippen molar-refractivity contribution >= 4 is 33.3 Å². The largest absolute Gasteiger partial charge is 0.371 e. The molecule has 0 unspecified atom stereocenters. The molecule has 1 aromatic heterocycles. The molecule has 4 rings (SSSR count). The van der Waals surface area contributed by atoms with Crippen LogP contribution >= 0.6 is 11.6 Å². The van der Waals surface area contributed by atoms with Crippen LogP contribution in [0.2, 0.25) is 5.02 Å². The van der Waals surface area contributed by atoms with E-state index in [9.17, 15) is 8.42 Å². The molecule has 0 saturated heterocycles. The number of fused-ring (bicyclic) bond motifs is 3. The van der Waals surface area contributed by atoms with Crippen molar-refractivity contribution in [3.05, 3.63) is 35.2 Å². The SMILES string of the molecule is CCCS(=O)(=O)Nc1nccc(-c2cc3cnc(=NC)nc-3n3c2NCCC3)c1Cl. The van der Waals surface area contributed by atoms with E-state index in [4.69, 9.17) is 11.6 Å². The van der Waals surface area contributed by atoms with E-state index in [1.54, 1.807) is 32.4 Å². The topological polar surface area (TPSA) is 114 Å². The van der Waals surface area contributed by atoms with Crippen LogP contribution in [-0.2, 0) is 16.6 Å². The van der Waals surface area contributed by atoms with Crippen molar-refractivity contribution in [1.29, 1.82) is 0 Å². The van der Waals surface area contributed by atoms with Crippen LogP contribution in [0.25, 0.3) is 22.5 Å². The number of anilines is 2. The van der Waals surface area contributed by atoms with Crippen molar-refractivity contribution in [2.75, 3.05) is 29.4 Å². The molecule has 0 atom stereocenters. The molecule has 11 heteroatoms. The fourth-order valence-corrected chi connectivity index (χ4v) is 4.93. The third-order valence-electron chi connectivity index (χ3n) is 4.82. The molecule has 2 N–H and O–H groups in total. The van der Waals surface area contributed by atoms with E-state index in [1.165, 1.54) is 0 Å². The average Bonchev–Trinajstić information content (AvgIpc) is 2.74. The van der Waals surface area contributed by atoms with Gasteiger partial charge >= 0.3 is 0 Å². The lowest BCUT2D eigenvalue weighted by atomic mass is 10.0. The van der Waals surface area contributed by atoms with Crippen LogP contribution in [0.5, 0.6) is 0 Å². The van der Waals surface area contributed by atoms with Crippen LogP contribution in [0, 0.1) is 0 Å². The Morgan fingerprint density at radius 1 is 1.33 bits per heavy atom. The van der Waals surface area contributed by atoms with Crippen molar-refractivity contribution in [1.82, 2.24) is 19.5 Å². The minimum Gasteiger partial charge on any atom is -0.371 e. The quantitative estimate of drug-likeness (QED) is 0.621. The molecule has 0 radical (unpaired) electrons. The first-order valence-corrected chi connectivity index (χ1v) is 11.7. The van der Waals surface area contributed by atoms with Crippen LogP contribution < -0.4 is 15.7 Å². The summed E-state index contributed by atoms with van der Waals surface area (Å²) in [6.45, 7) is 3.40. The van der Waals surface area contributed by atoms with E-state index in [2.05, 4.69) is 34.6 Å². The van der Waals surface area contributed by atoms with Crippen LogP contribution in [0.15, 0.2) is 29.5 Å². The van der Waals surface area contributed by atoms with E-state index in [0.29, 0.717) is 17.6 Å². The Bertz CT molecular complexity index is 1240. The fraction of sp³-hybridized carbons (Fsp3) is 0.368. The van der Waals surface area contributed by atoms with E-state index in [-0.39, 0.29) is 16.6 Å². The Labute approximate surface area is 179 Å². The first kappa shape index (κ1) is 20.5. The van der Waals surface area contributed by atoms with Crippen molar-refractivity contribution in [2.45, 2.75) is 26.3 Å². The summed E-state index contributed by atoms with van der Waals surface area (Å²) in [5.41, 5.74) is 2.76. The maximum Gasteiger partial charge on any atom is 0.246 e. The molecule has 0 aromatic carbocycles. The Balaban J connectivity index is 1.90. The molecule has 30 heavy (non-hydrogen) atoms. The maximum absolute atomic E-state index is 12.2. The zero-order valence-electron chi connectivity index (χ0n) is 16.7. The second-order valence-electron chi connectivity index (χ2n) is 6.95. The lowest BCUT2D eigenvalue weighted by molar-refractivity contribution is 0.599. The van der Waals surface area contributed by atoms with Gasteiger partial charge < -0.3 is 9.88 Å². The number of hydrogen-bond donors (Lipinski definition) is 2. The molecule has 0 saturated carbocycles. The maximum atomic E-state index is 12.2. The summed E-state index contributed by atoms with van der Waals surface area (Å²) < 4.78 is 29.0. The molecule has 0 amide bonds. The van der Waals surface area contributed by atoms with E-state index in [0.717, 1.165) is 42.3 Å². The monoisotopic (exact) mass is 447 g/mol. The van der Waals surface area contributed by atoms with Crippen LogP contribution in [0.4, 0.5) is 11.6 Å². The van der Waals surface area contributed by atoms with Gasteiger partial charge in [-0.1, -0.05) is 18.5 Å². The molecule has 9 nitrogen and oxygen atoms in total. The van der Waals surface area contributed by atoms with Gasteiger partial charge in [-0.25, -0.2) is 18.4 Å². The highest BCUT2D eigenvalue weighted by atomic mass is 35.5.